The van der Waals surface area contributed by atoms with Crippen LogP contribution < -0.4 is 15.4 Å². The smallest absolute Gasteiger partial charge is 0.151 e. The topological polar surface area (TPSA) is 59.1 Å². The van der Waals surface area contributed by atoms with E-state index in [1.54, 1.807) is 12.4 Å². The highest BCUT2D eigenvalue weighted by molar-refractivity contribution is 5.57. The van der Waals surface area contributed by atoms with Crippen LogP contribution >= 0.6 is 0 Å². The molecule has 0 aliphatic heterocycles. The third-order valence-corrected chi connectivity index (χ3v) is 2.43. The van der Waals surface area contributed by atoms with Gasteiger partial charge in [0.2, 0.25) is 0 Å². The second kappa shape index (κ2) is 6.58. The van der Waals surface area contributed by atoms with Gasteiger partial charge >= 0.3 is 0 Å². The number of nitrogens with zero attached hydrogens (tertiary/aromatic N) is 2. The predicted octanol–water partition coefficient (Wildman–Crippen LogP) is 3.05. The molecule has 0 unspecified atom stereocenters. The lowest BCUT2D eigenvalue weighted by atomic mass is 10.3. The minimum atomic E-state index is 0.670. The van der Waals surface area contributed by atoms with Crippen LogP contribution in [0.1, 0.15) is 13.8 Å². The zero-order valence-corrected chi connectivity index (χ0v) is 11.2. The molecule has 1 heterocycles. The van der Waals surface area contributed by atoms with Gasteiger partial charge in [-0.05, 0) is 38.1 Å². The molecule has 0 saturated carbocycles. The molecule has 0 amide bonds. The summed E-state index contributed by atoms with van der Waals surface area (Å²) in [6, 6.07) is 7.75. The van der Waals surface area contributed by atoms with Gasteiger partial charge in [0.05, 0.1) is 19.0 Å². The van der Waals surface area contributed by atoms with Crippen molar-refractivity contribution < 1.29 is 4.74 Å². The summed E-state index contributed by atoms with van der Waals surface area (Å²) in [4.78, 5) is 8.53. The monoisotopic (exact) mass is 258 g/mol. The molecule has 1 aromatic carbocycles. The summed E-state index contributed by atoms with van der Waals surface area (Å²) >= 11 is 0. The molecule has 2 aromatic rings. The van der Waals surface area contributed by atoms with Gasteiger partial charge < -0.3 is 15.4 Å². The van der Waals surface area contributed by atoms with Crippen LogP contribution in [0.25, 0.3) is 0 Å². The van der Waals surface area contributed by atoms with Crippen molar-refractivity contribution >= 4 is 17.3 Å². The largest absolute Gasteiger partial charge is 0.494 e. The van der Waals surface area contributed by atoms with Gasteiger partial charge in [-0.2, -0.15) is 0 Å². The van der Waals surface area contributed by atoms with Crippen LogP contribution in [-0.4, -0.2) is 23.1 Å². The van der Waals surface area contributed by atoms with Gasteiger partial charge in [0.1, 0.15) is 11.6 Å². The highest BCUT2D eigenvalue weighted by atomic mass is 16.5. The lowest BCUT2D eigenvalue weighted by Gasteiger charge is -2.08. The van der Waals surface area contributed by atoms with Crippen LogP contribution in [0.3, 0.4) is 0 Å². The number of anilines is 3. The van der Waals surface area contributed by atoms with E-state index in [1.165, 1.54) is 0 Å². The minimum Gasteiger partial charge on any atom is -0.494 e. The molecule has 2 rings (SSSR count). The van der Waals surface area contributed by atoms with Crippen molar-refractivity contribution in [2.24, 2.45) is 0 Å². The number of ether oxygens (including phenoxy) is 1. The molecule has 0 aliphatic rings. The van der Waals surface area contributed by atoms with E-state index in [-0.39, 0.29) is 0 Å². The van der Waals surface area contributed by atoms with Gasteiger partial charge in [0.25, 0.3) is 0 Å². The average Bonchev–Trinajstić information content (AvgIpc) is 2.42. The molecule has 5 nitrogen and oxygen atoms in total. The van der Waals surface area contributed by atoms with E-state index in [9.17, 15) is 0 Å². The lowest BCUT2D eigenvalue weighted by Crippen LogP contribution is -2.02. The summed E-state index contributed by atoms with van der Waals surface area (Å²) in [5.74, 6) is 2.33. The first kappa shape index (κ1) is 13.1. The predicted molar refractivity (Wildman–Crippen MR) is 77.1 cm³/mol. The zero-order valence-electron chi connectivity index (χ0n) is 11.2. The van der Waals surface area contributed by atoms with Gasteiger partial charge in [0, 0.05) is 12.2 Å². The van der Waals surface area contributed by atoms with Crippen LogP contribution in [0.2, 0.25) is 0 Å². The second-order valence-corrected chi connectivity index (χ2v) is 3.90. The van der Waals surface area contributed by atoms with E-state index in [0.29, 0.717) is 12.4 Å². The Morgan fingerprint density at radius 2 is 1.79 bits per heavy atom. The van der Waals surface area contributed by atoms with Crippen LogP contribution in [0.4, 0.5) is 17.3 Å². The molecule has 0 fully saturated rings. The van der Waals surface area contributed by atoms with Gasteiger partial charge in [-0.25, -0.2) is 4.98 Å². The van der Waals surface area contributed by atoms with Crippen LogP contribution in [0.5, 0.6) is 5.75 Å². The third-order valence-electron chi connectivity index (χ3n) is 2.43. The molecule has 0 radical (unpaired) electrons. The summed E-state index contributed by atoms with van der Waals surface area (Å²) in [6.45, 7) is 5.48. The highest BCUT2D eigenvalue weighted by Crippen LogP contribution is 2.19. The summed E-state index contributed by atoms with van der Waals surface area (Å²) in [5, 5.41) is 6.33. The Morgan fingerprint density at radius 3 is 2.47 bits per heavy atom. The average molecular weight is 258 g/mol. The Bertz CT molecular complexity index is 513. The number of nitrogens with one attached hydrogen (secondary N) is 2. The van der Waals surface area contributed by atoms with Crippen molar-refractivity contribution in [3.63, 3.8) is 0 Å². The molecular formula is C14H18N4O. The van der Waals surface area contributed by atoms with Crippen LogP contribution in [-0.2, 0) is 0 Å². The van der Waals surface area contributed by atoms with Gasteiger partial charge in [-0.15, -0.1) is 0 Å². The summed E-state index contributed by atoms with van der Waals surface area (Å²) in [6.07, 6.45) is 3.39. The van der Waals surface area contributed by atoms with Crippen molar-refractivity contribution in [3.05, 3.63) is 36.7 Å². The van der Waals surface area contributed by atoms with Crippen molar-refractivity contribution in [2.45, 2.75) is 13.8 Å². The van der Waals surface area contributed by atoms with E-state index < -0.39 is 0 Å². The molecule has 0 bridgehead atoms. The number of rotatable bonds is 6. The Balaban J connectivity index is 2.05. The summed E-state index contributed by atoms with van der Waals surface area (Å²) < 4.78 is 5.40. The van der Waals surface area contributed by atoms with Crippen molar-refractivity contribution in [1.29, 1.82) is 0 Å². The van der Waals surface area contributed by atoms with Crippen molar-refractivity contribution in [2.75, 3.05) is 23.8 Å². The Hall–Kier alpha value is -2.30. The first-order chi connectivity index (χ1) is 9.31. The first-order valence-electron chi connectivity index (χ1n) is 6.37. The first-order valence-corrected chi connectivity index (χ1v) is 6.37. The van der Waals surface area contributed by atoms with Gasteiger partial charge in [-0.1, -0.05) is 0 Å². The molecule has 100 valence electrons. The molecule has 0 atom stereocenters. The Labute approximate surface area is 113 Å². The molecule has 0 spiro atoms. The fraction of sp³-hybridized carbons (Fsp3) is 0.286. The molecule has 0 aliphatic carbocycles. The minimum absolute atomic E-state index is 0.670. The number of hydrogen-bond donors (Lipinski definition) is 2. The molecule has 2 N–H and O–H groups in total. The molecule has 19 heavy (non-hydrogen) atoms. The normalized spacial score (nSPS) is 10.0. The maximum atomic E-state index is 5.40. The maximum Gasteiger partial charge on any atom is 0.151 e. The SMILES string of the molecule is CCNc1cncc(Nc2ccc(OCC)cc2)n1. The summed E-state index contributed by atoms with van der Waals surface area (Å²) in [7, 11) is 0. The fourth-order valence-electron chi connectivity index (χ4n) is 1.64. The maximum absolute atomic E-state index is 5.40. The number of aromatic nitrogens is 2. The molecule has 5 heteroatoms. The van der Waals surface area contributed by atoms with E-state index in [4.69, 9.17) is 4.74 Å². The van der Waals surface area contributed by atoms with Crippen LogP contribution in [0, 0.1) is 0 Å². The standard InChI is InChI=1S/C14H18N4O/c1-3-16-13-9-15-10-14(18-13)17-11-5-7-12(8-6-11)19-4-2/h5-10H,3-4H2,1-2H3,(H2,16,17,18). The van der Waals surface area contributed by atoms with E-state index >= 15 is 0 Å². The fourth-order valence-corrected chi connectivity index (χ4v) is 1.64. The Kier molecular flexibility index (Phi) is 4.55. The van der Waals surface area contributed by atoms with Crippen molar-refractivity contribution in [1.82, 2.24) is 9.97 Å². The van der Waals surface area contributed by atoms with E-state index in [0.717, 1.165) is 23.8 Å². The second-order valence-electron chi connectivity index (χ2n) is 3.90. The molecule has 0 saturated heterocycles. The quantitative estimate of drug-likeness (QED) is 0.834. The molecule has 1 aromatic heterocycles. The third kappa shape index (κ3) is 3.84. The van der Waals surface area contributed by atoms with Gasteiger partial charge in [-0.3, -0.25) is 4.98 Å². The lowest BCUT2D eigenvalue weighted by molar-refractivity contribution is 0.340. The number of hydrogen-bond acceptors (Lipinski definition) is 5. The number of benzene rings is 1. The van der Waals surface area contributed by atoms with E-state index in [2.05, 4.69) is 20.6 Å². The molecular weight excluding hydrogens is 240 g/mol. The van der Waals surface area contributed by atoms with Crippen LogP contribution in [0.15, 0.2) is 36.7 Å². The summed E-state index contributed by atoms with van der Waals surface area (Å²) in [5.41, 5.74) is 0.950. The Morgan fingerprint density at radius 1 is 1.05 bits per heavy atom. The van der Waals surface area contributed by atoms with Gasteiger partial charge in [0.15, 0.2) is 5.82 Å². The van der Waals surface area contributed by atoms with Crippen molar-refractivity contribution in [3.8, 4) is 5.75 Å². The zero-order chi connectivity index (χ0) is 13.5. The van der Waals surface area contributed by atoms with E-state index in [1.807, 2.05) is 38.1 Å². The highest BCUT2D eigenvalue weighted by Gasteiger charge is 1.99.